The van der Waals surface area contributed by atoms with Crippen LogP contribution in [0.2, 0.25) is 0 Å². The Balaban J connectivity index is 1.71. The van der Waals surface area contributed by atoms with Gasteiger partial charge in [-0.1, -0.05) is 60.7 Å². The number of carbonyl (C=O) groups is 1. The fraction of sp³-hybridized carbons (Fsp3) is 0.150. The van der Waals surface area contributed by atoms with Gasteiger partial charge in [-0.2, -0.15) is 0 Å². The Kier molecular flexibility index (Phi) is 4.38. The van der Waals surface area contributed by atoms with Crippen LogP contribution in [-0.4, -0.2) is 17.9 Å². The fourth-order valence-corrected chi connectivity index (χ4v) is 2.63. The zero-order valence-electron chi connectivity index (χ0n) is 13.0. The third-order valence-corrected chi connectivity index (χ3v) is 3.96. The molecular weight excluding hydrogens is 289 g/mol. The first-order chi connectivity index (χ1) is 11.1. The van der Waals surface area contributed by atoms with Crippen LogP contribution in [-0.2, 0) is 17.8 Å². The summed E-state index contributed by atoms with van der Waals surface area (Å²) in [5, 5.41) is 2.28. The second-order valence-corrected chi connectivity index (χ2v) is 5.70. The van der Waals surface area contributed by atoms with E-state index in [9.17, 15) is 9.18 Å². The summed E-state index contributed by atoms with van der Waals surface area (Å²) < 4.78 is 13.7. The van der Waals surface area contributed by atoms with Crippen LogP contribution >= 0.6 is 0 Å². The monoisotopic (exact) mass is 307 g/mol. The van der Waals surface area contributed by atoms with Crippen molar-refractivity contribution in [1.29, 1.82) is 0 Å². The van der Waals surface area contributed by atoms with Crippen molar-refractivity contribution < 1.29 is 9.18 Å². The van der Waals surface area contributed by atoms with E-state index in [2.05, 4.69) is 0 Å². The van der Waals surface area contributed by atoms with Crippen LogP contribution in [0.15, 0.2) is 66.7 Å². The van der Waals surface area contributed by atoms with Gasteiger partial charge in [-0.15, -0.1) is 0 Å². The average molecular weight is 307 g/mol. The van der Waals surface area contributed by atoms with Crippen LogP contribution in [0.3, 0.4) is 0 Å². The largest absolute Gasteiger partial charge is 0.341 e. The molecule has 0 atom stereocenters. The van der Waals surface area contributed by atoms with Crippen LogP contribution in [0.25, 0.3) is 10.8 Å². The molecule has 0 heterocycles. The molecule has 3 rings (SSSR count). The summed E-state index contributed by atoms with van der Waals surface area (Å²) in [6.45, 7) is 0.277. The van der Waals surface area contributed by atoms with E-state index in [1.807, 2.05) is 42.5 Å². The zero-order valence-corrected chi connectivity index (χ0v) is 13.0. The van der Waals surface area contributed by atoms with E-state index in [1.165, 1.54) is 6.07 Å². The molecule has 0 saturated heterocycles. The van der Waals surface area contributed by atoms with Crippen molar-refractivity contribution in [3.8, 4) is 0 Å². The molecule has 0 aliphatic rings. The first kappa shape index (κ1) is 15.2. The van der Waals surface area contributed by atoms with Crippen molar-refractivity contribution in [3.05, 3.63) is 83.7 Å². The molecule has 0 spiro atoms. The molecule has 3 aromatic rings. The maximum atomic E-state index is 13.7. The topological polar surface area (TPSA) is 20.3 Å². The molecule has 3 heteroatoms. The maximum absolute atomic E-state index is 13.7. The highest BCUT2D eigenvalue weighted by atomic mass is 19.1. The van der Waals surface area contributed by atoms with Crippen LogP contribution in [0.4, 0.5) is 4.39 Å². The van der Waals surface area contributed by atoms with Crippen molar-refractivity contribution >= 4 is 16.7 Å². The van der Waals surface area contributed by atoms with Crippen LogP contribution in [0.5, 0.6) is 0 Å². The lowest BCUT2D eigenvalue weighted by atomic mass is 10.0. The number of hydrogen-bond acceptors (Lipinski definition) is 1. The van der Waals surface area contributed by atoms with Gasteiger partial charge < -0.3 is 4.90 Å². The van der Waals surface area contributed by atoms with E-state index in [1.54, 1.807) is 30.1 Å². The first-order valence-corrected chi connectivity index (χ1v) is 7.58. The molecular formula is C20H18FNO. The second-order valence-electron chi connectivity index (χ2n) is 5.70. The van der Waals surface area contributed by atoms with Crippen molar-refractivity contribution in [2.75, 3.05) is 7.05 Å². The summed E-state index contributed by atoms with van der Waals surface area (Å²) in [6.07, 6.45) is 0.315. The lowest BCUT2D eigenvalue weighted by Gasteiger charge is -2.18. The molecule has 1 amide bonds. The second kappa shape index (κ2) is 6.61. The summed E-state index contributed by atoms with van der Waals surface area (Å²) in [5.74, 6) is -0.304. The molecule has 0 saturated carbocycles. The van der Waals surface area contributed by atoms with Gasteiger partial charge in [0, 0.05) is 19.2 Å². The summed E-state index contributed by atoms with van der Waals surface area (Å²) >= 11 is 0. The molecule has 0 bridgehead atoms. The predicted molar refractivity (Wildman–Crippen MR) is 90.5 cm³/mol. The van der Waals surface area contributed by atoms with E-state index in [4.69, 9.17) is 0 Å². The first-order valence-electron chi connectivity index (χ1n) is 7.58. The number of nitrogens with zero attached hydrogens (tertiary/aromatic N) is 1. The molecule has 0 fully saturated rings. The lowest BCUT2D eigenvalue weighted by Crippen LogP contribution is -2.28. The number of rotatable bonds is 4. The number of hydrogen-bond donors (Lipinski definition) is 0. The molecule has 0 aromatic heterocycles. The molecule has 23 heavy (non-hydrogen) atoms. The van der Waals surface area contributed by atoms with Crippen molar-refractivity contribution in [3.63, 3.8) is 0 Å². The molecule has 0 unspecified atom stereocenters. The van der Waals surface area contributed by atoms with Gasteiger partial charge in [-0.05, 0) is 22.4 Å². The van der Waals surface area contributed by atoms with Crippen molar-refractivity contribution in [2.45, 2.75) is 13.0 Å². The number of fused-ring (bicyclic) bond motifs is 1. The average Bonchev–Trinajstić information content (AvgIpc) is 2.56. The molecule has 2 nitrogen and oxygen atoms in total. The number of likely N-dealkylation sites (N-methyl/N-ethyl adjacent to an activating group) is 1. The van der Waals surface area contributed by atoms with Gasteiger partial charge in [0.2, 0.25) is 5.91 Å². The Morgan fingerprint density at radius 2 is 1.65 bits per heavy atom. The number of amides is 1. The normalized spacial score (nSPS) is 10.7. The van der Waals surface area contributed by atoms with Crippen molar-refractivity contribution in [1.82, 2.24) is 4.90 Å². The Morgan fingerprint density at radius 3 is 2.43 bits per heavy atom. The number of halogens is 1. The third kappa shape index (κ3) is 3.57. The van der Waals surface area contributed by atoms with Gasteiger partial charge in [0.15, 0.2) is 0 Å². The summed E-state index contributed by atoms with van der Waals surface area (Å²) in [5.41, 5.74) is 1.50. The third-order valence-electron chi connectivity index (χ3n) is 3.96. The minimum Gasteiger partial charge on any atom is -0.341 e. The zero-order chi connectivity index (χ0) is 16.2. The van der Waals surface area contributed by atoms with Gasteiger partial charge in [0.25, 0.3) is 0 Å². The summed E-state index contributed by atoms with van der Waals surface area (Å²) in [7, 11) is 1.70. The highest BCUT2D eigenvalue weighted by Gasteiger charge is 2.12. The SMILES string of the molecule is CN(Cc1ccccc1F)C(=O)Cc1ccc2ccccc2c1. The Morgan fingerprint density at radius 1 is 0.957 bits per heavy atom. The maximum Gasteiger partial charge on any atom is 0.227 e. The lowest BCUT2D eigenvalue weighted by molar-refractivity contribution is -0.129. The van der Waals surface area contributed by atoms with Gasteiger partial charge in [0.05, 0.1) is 6.42 Å². The highest BCUT2D eigenvalue weighted by molar-refractivity contribution is 5.85. The van der Waals surface area contributed by atoms with Crippen LogP contribution in [0, 0.1) is 5.82 Å². The standard InChI is InChI=1S/C20H18FNO/c1-22(14-18-8-4-5-9-19(18)21)20(23)13-15-10-11-16-6-2-3-7-17(16)12-15/h2-12H,13-14H2,1H3. The number of benzene rings is 3. The summed E-state index contributed by atoms with van der Waals surface area (Å²) in [4.78, 5) is 13.9. The molecule has 116 valence electrons. The Hall–Kier alpha value is -2.68. The van der Waals surface area contributed by atoms with E-state index in [0.717, 1.165) is 16.3 Å². The highest BCUT2D eigenvalue weighted by Crippen LogP contribution is 2.17. The molecule has 3 aromatic carbocycles. The molecule has 0 aliphatic carbocycles. The number of carbonyl (C=O) groups excluding carboxylic acids is 1. The smallest absolute Gasteiger partial charge is 0.227 e. The van der Waals surface area contributed by atoms with E-state index < -0.39 is 0 Å². The molecule has 0 aliphatic heterocycles. The van der Waals surface area contributed by atoms with Gasteiger partial charge >= 0.3 is 0 Å². The minimum absolute atomic E-state index is 0.0245. The van der Waals surface area contributed by atoms with E-state index in [0.29, 0.717) is 12.0 Å². The Bertz CT molecular complexity index is 844. The van der Waals surface area contributed by atoms with Crippen molar-refractivity contribution in [2.24, 2.45) is 0 Å². The molecule has 0 N–H and O–H groups in total. The van der Waals surface area contributed by atoms with Crippen LogP contribution < -0.4 is 0 Å². The predicted octanol–water partition coefficient (Wildman–Crippen LogP) is 4.18. The van der Waals surface area contributed by atoms with Gasteiger partial charge in [-0.3, -0.25) is 4.79 Å². The Labute approximate surface area is 135 Å². The summed E-state index contributed by atoms with van der Waals surface area (Å²) in [6, 6.07) is 20.6. The quantitative estimate of drug-likeness (QED) is 0.708. The van der Waals surface area contributed by atoms with E-state index in [-0.39, 0.29) is 18.3 Å². The molecule has 0 radical (unpaired) electrons. The van der Waals surface area contributed by atoms with Gasteiger partial charge in [-0.25, -0.2) is 4.39 Å². The minimum atomic E-state index is -0.280. The van der Waals surface area contributed by atoms with E-state index >= 15 is 0 Å². The van der Waals surface area contributed by atoms with Gasteiger partial charge in [0.1, 0.15) is 5.82 Å². The van der Waals surface area contributed by atoms with Crippen LogP contribution in [0.1, 0.15) is 11.1 Å². The fourth-order valence-electron chi connectivity index (χ4n) is 2.63.